The van der Waals surface area contributed by atoms with E-state index in [1.54, 1.807) is 0 Å². The number of hydrogen-bond donors (Lipinski definition) is 3. The molecule has 0 spiro atoms. The monoisotopic (exact) mass is 371 g/mol. The molecular weight excluding hydrogens is 357 g/mol. The summed E-state index contributed by atoms with van der Waals surface area (Å²) in [5.74, 6) is -0.712. The Balaban J connectivity index is 2.28. The average Bonchev–Trinajstić information content (AvgIpc) is 2.50. The van der Waals surface area contributed by atoms with Crippen molar-refractivity contribution in [1.29, 1.82) is 0 Å². The lowest BCUT2D eigenvalue weighted by atomic mass is 10.1. The predicted octanol–water partition coefficient (Wildman–Crippen LogP) is 3.49. The Hall–Kier alpha value is -2.25. The minimum atomic E-state index is -1.01. The molecule has 1 heterocycles. The summed E-state index contributed by atoms with van der Waals surface area (Å²) in [5, 5.41) is 17.8. The maximum absolute atomic E-state index is 11.7. The highest BCUT2D eigenvalue weighted by atomic mass is 35.5. The number of aromatic amines is 1. The Morgan fingerprint density at radius 3 is 2.50 bits per heavy atom. The van der Waals surface area contributed by atoms with Crippen LogP contribution in [0.1, 0.15) is 25.3 Å². The third-order valence-corrected chi connectivity index (χ3v) is 3.64. The van der Waals surface area contributed by atoms with Gasteiger partial charge in [-0.2, -0.15) is 0 Å². The molecule has 7 nitrogen and oxygen atoms in total. The number of carboxylic acid groups (broad SMARTS) is 1. The summed E-state index contributed by atoms with van der Waals surface area (Å²) in [5.41, 5.74) is 0.673. The number of nitrogens with one attached hydrogen (secondary N) is 2. The zero-order valence-corrected chi connectivity index (χ0v) is 14.4. The quantitative estimate of drug-likeness (QED) is 0.717. The van der Waals surface area contributed by atoms with Crippen LogP contribution in [0.3, 0.4) is 0 Å². The van der Waals surface area contributed by atoms with Gasteiger partial charge in [-0.15, -0.1) is 5.10 Å². The number of halogens is 2. The van der Waals surface area contributed by atoms with Crippen molar-refractivity contribution in [2.75, 3.05) is 11.9 Å². The normalized spacial score (nSPS) is 10.7. The fourth-order valence-electron chi connectivity index (χ4n) is 1.92. The summed E-state index contributed by atoms with van der Waals surface area (Å²) in [6.45, 7) is 3.47. The molecule has 0 radical (unpaired) electrons. The van der Waals surface area contributed by atoms with Gasteiger partial charge in [0.1, 0.15) is 6.54 Å². The topological polar surface area (TPSA) is 104 Å². The van der Waals surface area contributed by atoms with Crippen molar-refractivity contribution in [2.24, 2.45) is 0 Å². The summed E-state index contributed by atoms with van der Waals surface area (Å²) in [6.07, 6.45) is 0. The van der Waals surface area contributed by atoms with E-state index in [4.69, 9.17) is 33.0 Å². The van der Waals surface area contributed by atoms with Gasteiger partial charge in [0, 0.05) is 17.3 Å². The SMILES string of the molecule is CC(C)c1cc(Oc2c(Cl)cc(NCC(=O)O)cc2Cl)n[nH]c1=O. The molecule has 3 N–H and O–H groups in total. The van der Waals surface area contributed by atoms with Crippen molar-refractivity contribution in [3.05, 3.63) is 44.2 Å². The van der Waals surface area contributed by atoms with E-state index < -0.39 is 5.97 Å². The number of carbonyl (C=O) groups is 1. The second-order valence-electron chi connectivity index (χ2n) is 5.26. The van der Waals surface area contributed by atoms with Crippen molar-refractivity contribution in [2.45, 2.75) is 19.8 Å². The van der Waals surface area contributed by atoms with Gasteiger partial charge >= 0.3 is 5.97 Å². The van der Waals surface area contributed by atoms with Gasteiger partial charge in [0.25, 0.3) is 5.56 Å². The summed E-state index contributed by atoms with van der Waals surface area (Å²) < 4.78 is 5.58. The van der Waals surface area contributed by atoms with Gasteiger partial charge in [-0.25, -0.2) is 5.10 Å². The summed E-state index contributed by atoms with van der Waals surface area (Å²) in [4.78, 5) is 22.3. The number of benzene rings is 1. The van der Waals surface area contributed by atoms with Gasteiger partial charge in [0.05, 0.1) is 10.0 Å². The van der Waals surface area contributed by atoms with Crippen LogP contribution >= 0.6 is 23.2 Å². The third-order valence-electron chi connectivity index (χ3n) is 3.08. The first kappa shape index (κ1) is 18.1. The lowest BCUT2D eigenvalue weighted by molar-refractivity contribution is -0.134. The molecule has 0 amide bonds. The number of anilines is 1. The van der Waals surface area contributed by atoms with Crippen molar-refractivity contribution in [1.82, 2.24) is 10.2 Å². The minimum Gasteiger partial charge on any atom is -0.480 e. The Kier molecular flexibility index (Phi) is 5.69. The molecule has 0 fully saturated rings. The molecule has 1 aromatic carbocycles. The molecule has 1 aromatic heterocycles. The first-order chi connectivity index (χ1) is 11.3. The van der Waals surface area contributed by atoms with Gasteiger partial charge in [-0.05, 0) is 18.1 Å². The second kappa shape index (κ2) is 7.55. The number of rotatable bonds is 6. The van der Waals surface area contributed by atoms with E-state index in [9.17, 15) is 9.59 Å². The summed E-state index contributed by atoms with van der Waals surface area (Å²) in [7, 11) is 0. The van der Waals surface area contributed by atoms with Crippen LogP contribution in [-0.2, 0) is 4.79 Å². The number of carboxylic acids is 1. The molecule has 0 saturated heterocycles. The van der Waals surface area contributed by atoms with Crippen LogP contribution in [-0.4, -0.2) is 27.8 Å². The number of ether oxygens (including phenoxy) is 1. The first-order valence-electron chi connectivity index (χ1n) is 7.00. The minimum absolute atomic E-state index is 0.00682. The maximum atomic E-state index is 11.7. The smallest absolute Gasteiger partial charge is 0.322 e. The largest absolute Gasteiger partial charge is 0.480 e. The van der Waals surface area contributed by atoms with Crippen LogP contribution in [0.5, 0.6) is 11.6 Å². The zero-order valence-electron chi connectivity index (χ0n) is 12.9. The third kappa shape index (κ3) is 4.39. The molecule has 24 heavy (non-hydrogen) atoms. The molecule has 2 aromatic rings. The highest BCUT2D eigenvalue weighted by Crippen LogP contribution is 2.38. The van der Waals surface area contributed by atoms with Crippen LogP contribution in [0.4, 0.5) is 5.69 Å². The van der Waals surface area contributed by atoms with E-state index in [-0.39, 0.29) is 39.7 Å². The lowest BCUT2D eigenvalue weighted by Crippen LogP contribution is -2.15. The second-order valence-corrected chi connectivity index (χ2v) is 6.08. The predicted molar refractivity (Wildman–Crippen MR) is 91.6 cm³/mol. The molecule has 0 atom stereocenters. The highest BCUT2D eigenvalue weighted by molar-refractivity contribution is 6.37. The van der Waals surface area contributed by atoms with E-state index in [2.05, 4.69) is 15.5 Å². The average molecular weight is 372 g/mol. The number of H-pyrrole nitrogens is 1. The number of nitrogens with zero attached hydrogens (tertiary/aromatic N) is 1. The molecule has 0 saturated carbocycles. The van der Waals surface area contributed by atoms with Gasteiger partial charge in [0.15, 0.2) is 5.75 Å². The van der Waals surface area contributed by atoms with Crippen LogP contribution in [0.15, 0.2) is 23.0 Å². The maximum Gasteiger partial charge on any atom is 0.322 e. The summed E-state index contributed by atoms with van der Waals surface area (Å²) in [6, 6.07) is 4.49. The van der Waals surface area contributed by atoms with Crippen LogP contribution in [0, 0.1) is 0 Å². The number of aliphatic carboxylic acids is 1. The fourth-order valence-corrected chi connectivity index (χ4v) is 2.49. The number of hydrogen-bond acceptors (Lipinski definition) is 5. The van der Waals surface area contributed by atoms with Crippen molar-refractivity contribution >= 4 is 34.9 Å². The van der Waals surface area contributed by atoms with Crippen molar-refractivity contribution in [3.63, 3.8) is 0 Å². The Labute approximate surface area is 147 Å². The van der Waals surface area contributed by atoms with Crippen LogP contribution in [0.25, 0.3) is 0 Å². The van der Waals surface area contributed by atoms with Crippen LogP contribution in [0.2, 0.25) is 10.0 Å². The Bertz CT molecular complexity index is 798. The molecule has 0 aliphatic rings. The molecule has 0 aliphatic carbocycles. The molecule has 128 valence electrons. The van der Waals surface area contributed by atoms with Crippen molar-refractivity contribution < 1.29 is 14.6 Å². The molecular formula is C15H15Cl2N3O4. The standard InChI is InChI=1S/C15H15Cl2N3O4/c1-7(2)9-5-12(19-20-15(9)23)24-14-10(16)3-8(4-11(14)17)18-6-13(21)22/h3-5,7,18H,6H2,1-2H3,(H,20,23)(H,21,22). The highest BCUT2D eigenvalue weighted by Gasteiger charge is 2.14. The van der Waals surface area contributed by atoms with E-state index in [0.29, 0.717) is 11.3 Å². The van der Waals surface area contributed by atoms with E-state index in [0.717, 1.165) is 0 Å². The van der Waals surface area contributed by atoms with E-state index in [1.807, 2.05) is 13.8 Å². The molecule has 2 rings (SSSR count). The fraction of sp³-hybridized carbons (Fsp3) is 0.267. The first-order valence-corrected chi connectivity index (χ1v) is 7.75. The van der Waals surface area contributed by atoms with Gasteiger partial charge in [-0.1, -0.05) is 37.0 Å². The van der Waals surface area contributed by atoms with Gasteiger partial charge in [0.2, 0.25) is 5.88 Å². The lowest BCUT2D eigenvalue weighted by Gasteiger charge is -2.12. The van der Waals surface area contributed by atoms with Crippen molar-refractivity contribution in [3.8, 4) is 11.6 Å². The summed E-state index contributed by atoms with van der Waals surface area (Å²) >= 11 is 12.3. The van der Waals surface area contributed by atoms with E-state index >= 15 is 0 Å². The molecule has 0 bridgehead atoms. The van der Waals surface area contributed by atoms with Gasteiger partial charge < -0.3 is 15.2 Å². The molecule has 0 aliphatic heterocycles. The molecule has 9 heteroatoms. The Morgan fingerprint density at radius 1 is 1.33 bits per heavy atom. The van der Waals surface area contributed by atoms with Gasteiger partial charge in [-0.3, -0.25) is 9.59 Å². The number of aromatic nitrogens is 2. The van der Waals surface area contributed by atoms with E-state index in [1.165, 1.54) is 18.2 Å². The Morgan fingerprint density at radius 2 is 1.96 bits per heavy atom. The molecule has 0 unspecified atom stereocenters. The van der Waals surface area contributed by atoms with Crippen LogP contribution < -0.4 is 15.6 Å². The zero-order chi connectivity index (χ0) is 17.9.